The Morgan fingerprint density at radius 3 is 2.91 bits per heavy atom. The predicted octanol–water partition coefficient (Wildman–Crippen LogP) is 2.18. The fourth-order valence-corrected chi connectivity index (χ4v) is 2.93. The van der Waals surface area contributed by atoms with Gasteiger partial charge in [-0.15, -0.1) is 0 Å². The molecule has 0 spiro atoms. The summed E-state index contributed by atoms with van der Waals surface area (Å²) in [4.78, 5) is 33.1. The van der Waals surface area contributed by atoms with Crippen LogP contribution in [-0.2, 0) is 4.79 Å². The van der Waals surface area contributed by atoms with E-state index in [1.165, 1.54) is 10.6 Å². The number of aromatic nitrogens is 3. The summed E-state index contributed by atoms with van der Waals surface area (Å²) in [6.45, 7) is 0. The summed E-state index contributed by atoms with van der Waals surface area (Å²) in [6.07, 6.45) is 4.85. The lowest BCUT2D eigenvalue weighted by Gasteiger charge is -2.23. The van der Waals surface area contributed by atoms with Gasteiger partial charge in [-0.3, -0.25) is 19.0 Å². The van der Waals surface area contributed by atoms with E-state index < -0.39 is 11.9 Å². The molecule has 0 saturated carbocycles. The summed E-state index contributed by atoms with van der Waals surface area (Å²) in [6, 6.07) is 6.81. The number of nitrogens with zero attached hydrogens (tertiary/aromatic N) is 3. The van der Waals surface area contributed by atoms with Gasteiger partial charge >= 0.3 is 5.97 Å². The highest BCUT2D eigenvalue weighted by Gasteiger charge is 2.33. The third kappa shape index (κ3) is 2.27. The molecule has 0 aliphatic carbocycles. The first kappa shape index (κ1) is 13.9. The minimum absolute atomic E-state index is 0.0578. The number of esters is 1. The lowest BCUT2D eigenvalue weighted by molar-refractivity contribution is -0.135. The van der Waals surface area contributed by atoms with E-state index in [2.05, 4.69) is 9.97 Å². The average molecular weight is 328 g/mol. The van der Waals surface area contributed by atoms with Crippen molar-refractivity contribution in [2.24, 2.45) is 0 Å². The number of halogens is 1. The molecule has 6 nitrogen and oxygen atoms in total. The van der Waals surface area contributed by atoms with Gasteiger partial charge in [0.2, 0.25) is 5.88 Å². The fraction of sp³-hybridized carbons (Fsp3) is 0.125. The molecule has 1 aliphatic rings. The van der Waals surface area contributed by atoms with E-state index >= 15 is 0 Å². The number of hydrogen-bond acceptors (Lipinski definition) is 5. The molecule has 1 atom stereocenters. The monoisotopic (exact) mass is 327 g/mol. The molecule has 0 fully saturated rings. The van der Waals surface area contributed by atoms with Gasteiger partial charge in [0.05, 0.1) is 17.0 Å². The van der Waals surface area contributed by atoms with Crippen molar-refractivity contribution in [3.63, 3.8) is 0 Å². The first-order valence-electron chi connectivity index (χ1n) is 6.96. The summed E-state index contributed by atoms with van der Waals surface area (Å²) in [5.74, 6) is -0.796. The maximum absolute atomic E-state index is 12.9. The Hall–Kier alpha value is -2.73. The first-order valence-corrected chi connectivity index (χ1v) is 7.33. The van der Waals surface area contributed by atoms with Gasteiger partial charge in [0.25, 0.3) is 5.56 Å². The standard InChI is InChI=1S/C16H10ClN3O3/c17-10-3-4-12-19-15-14(16(22)20(12)8-10)11(6-13(21)23-15)9-2-1-5-18-7-9/h1-5,7-8,11H,6H2/t11-/m0/s1. The highest BCUT2D eigenvalue weighted by atomic mass is 35.5. The second-order valence-electron chi connectivity index (χ2n) is 5.23. The van der Waals surface area contributed by atoms with Crippen LogP contribution >= 0.6 is 11.6 Å². The van der Waals surface area contributed by atoms with Gasteiger partial charge in [-0.1, -0.05) is 17.7 Å². The Kier molecular flexibility index (Phi) is 3.12. The number of rotatable bonds is 1. The average Bonchev–Trinajstić information content (AvgIpc) is 2.55. The highest BCUT2D eigenvalue weighted by molar-refractivity contribution is 6.30. The SMILES string of the molecule is O=C1C[C@@H](c2cccnc2)c2c(nc3ccc(Cl)cn3c2=O)O1. The van der Waals surface area contributed by atoms with Crippen LogP contribution in [0.25, 0.3) is 5.65 Å². The van der Waals surface area contributed by atoms with Crippen LogP contribution in [0.15, 0.2) is 47.7 Å². The minimum atomic E-state index is -0.434. The lowest BCUT2D eigenvalue weighted by Crippen LogP contribution is -2.31. The molecule has 0 N–H and O–H groups in total. The minimum Gasteiger partial charge on any atom is -0.407 e. The molecule has 0 radical (unpaired) electrons. The Bertz CT molecular complexity index is 985. The lowest BCUT2D eigenvalue weighted by atomic mass is 9.89. The third-order valence-corrected chi connectivity index (χ3v) is 4.03. The number of carbonyl (C=O) groups excluding carboxylic acids is 1. The van der Waals surface area contributed by atoms with Crippen LogP contribution in [0.4, 0.5) is 0 Å². The molecule has 0 saturated heterocycles. The van der Waals surface area contributed by atoms with E-state index in [0.29, 0.717) is 16.2 Å². The predicted molar refractivity (Wildman–Crippen MR) is 82.8 cm³/mol. The van der Waals surface area contributed by atoms with Crippen molar-refractivity contribution >= 4 is 23.2 Å². The maximum Gasteiger partial charge on any atom is 0.313 e. The largest absolute Gasteiger partial charge is 0.407 e. The van der Waals surface area contributed by atoms with Gasteiger partial charge in [-0.05, 0) is 23.8 Å². The van der Waals surface area contributed by atoms with Crippen LogP contribution in [0.3, 0.4) is 0 Å². The van der Waals surface area contributed by atoms with Gasteiger partial charge in [-0.2, -0.15) is 4.98 Å². The van der Waals surface area contributed by atoms with E-state index in [-0.39, 0.29) is 17.9 Å². The molecule has 3 aromatic rings. The molecule has 0 bridgehead atoms. The second-order valence-corrected chi connectivity index (χ2v) is 5.66. The van der Waals surface area contributed by atoms with E-state index in [4.69, 9.17) is 16.3 Å². The van der Waals surface area contributed by atoms with Gasteiger partial charge in [0, 0.05) is 24.5 Å². The zero-order valence-electron chi connectivity index (χ0n) is 11.8. The van der Waals surface area contributed by atoms with Gasteiger partial charge in [-0.25, -0.2) is 0 Å². The number of pyridine rings is 2. The smallest absolute Gasteiger partial charge is 0.313 e. The number of ether oxygens (including phenoxy) is 1. The van der Waals surface area contributed by atoms with Crippen LogP contribution in [0.1, 0.15) is 23.5 Å². The molecule has 7 heteroatoms. The quantitative estimate of drug-likeness (QED) is 0.640. The summed E-state index contributed by atoms with van der Waals surface area (Å²) in [5, 5.41) is 0.423. The van der Waals surface area contributed by atoms with Crippen molar-refractivity contribution < 1.29 is 9.53 Å². The second kappa shape index (κ2) is 5.17. The maximum atomic E-state index is 12.9. The van der Waals surface area contributed by atoms with Crippen LogP contribution in [-0.4, -0.2) is 20.3 Å². The Balaban J connectivity index is 2.02. The summed E-state index contributed by atoms with van der Waals surface area (Å²) >= 11 is 5.97. The molecule has 114 valence electrons. The van der Waals surface area contributed by atoms with E-state index in [1.807, 2.05) is 6.07 Å². The third-order valence-electron chi connectivity index (χ3n) is 3.80. The van der Waals surface area contributed by atoms with Crippen molar-refractivity contribution in [2.45, 2.75) is 12.3 Å². The van der Waals surface area contributed by atoms with E-state index in [9.17, 15) is 9.59 Å². The van der Waals surface area contributed by atoms with Gasteiger partial charge in [0.1, 0.15) is 5.65 Å². The van der Waals surface area contributed by atoms with Crippen molar-refractivity contribution in [2.75, 3.05) is 0 Å². The zero-order chi connectivity index (χ0) is 16.0. The van der Waals surface area contributed by atoms with Crippen LogP contribution in [0, 0.1) is 0 Å². The topological polar surface area (TPSA) is 73.6 Å². The summed E-state index contributed by atoms with van der Waals surface area (Å²) in [5.41, 5.74) is 1.19. The van der Waals surface area contributed by atoms with E-state index in [0.717, 1.165) is 5.56 Å². The molecule has 3 aromatic heterocycles. The zero-order valence-corrected chi connectivity index (χ0v) is 12.5. The number of fused-ring (bicyclic) bond motifs is 2. The number of hydrogen-bond donors (Lipinski definition) is 0. The fourth-order valence-electron chi connectivity index (χ4n) is 2.77. The Labute approximate surface area is 135 Å². The van der Waals surface area contributed by atoms with E-state index in [1.54, 1.807) is 30.6 Å². The van der Waals surface area contributed by atoms with Gasteiger partial charge < -0.3 is 4.74 Å². The Morgan fingerprint density at radius 1 is 1.26 bits per heavy atom. The highest BCUT2D eigenvalue weighted by Crippen LogP contribution is 2.35. The molecule has 23 heavy (non-hydrogen) atoms. The molecular weight excluding hydrogens is 318 g/mol. The summed E-state index contributed by atoms with van der Waals surface area (Å²) < 4.78 is 6.55. The molecule has 4 rings (SSSR count). The van der Waals surface area contributed by atoms with Crippen LogP contribution < -0.4 is 10.3 Å². The van der Waals surface area contributed by atoms with Crippen LogP contribution in [0.2, 0.25) is 5.02 Å². The Morgan fingerprint density at radius 2 is 2.13 bits per heavy atom. The molecule has 0 amide bonds. The van der Waals surface area contributed by atoms with Gasteiger partial charge in [0.15, 0.2) is 0 Å². The molecule has 0 aromatic carbocycles. The molecule has 0 unspecified atom stereocenters. The van der Waals surface area contributed by atoms with Crippen molar-refractivity contribution in [1.29, 1.82) is 0 Å². The molecule has 1 aliphatic heterocycles. The molecular formula is C16H10ClN3O3. The van der Waals surface area contributed by atoms with Crippen molar-refractivity contribution in [3.05, 3.63) is 69.4 Å². The van der Waals surface area contributed by atoms with Crippen molar-refractivity contribution in [1.82, 2.24) is 14.4 Å². The number of carbonyl (C=O) groups is 1. The van der Waals surface area contributed by atoms with Crippen molar-refractivity contribution in [3.8, 4) is 5.88 Å². The summed E-state index contributed by atoms with van der Waals surface area (Å²) in [7, 11) is 0. The molecule has 4 heterocycles. The first-order chi connectivity index (χ1) is 11.1. The van der Waals surface area contributed by atoms with Crippen LogP contribution in [0.5, 0.6) is 5.88 Å². The normalized spacial score (nSPS) is 16.9.